The summed E-state index contributed by atoms with van der Waals surface area (Å²) in [7, 11) is 1.95. The second-order valence-corrected chi connectivity index (χ2v) is 4.05. The van der Waals surface area contributed by atoms with Crippen LogP contribution in [0.2, 0.25) is 0 Å². The Balaban J connectivity index is 2.21. The Labute approximate surface area is 102 Å². The van der Waals surface area contributed by atoms with E-state index in [1.165, 1.54) is 0 Å². The van der Waals surface area contributed by atoms with Gasteiger partial charge in [0.1, 0.15) is 5.52 Å². The Hall–Kier alpha value is -1.55. The van der Waals surface area contributed by atoms with Crippen molar-refractivity contribution in [1.82, 2.24) is 10.3 Å². The molecule has 1 aromatic carbocycles. The molecule has 1 N–H and O–H groups in total. The summed E-state index contributed by atoms with van der Waals surface area (Å²) in [4.78, 5) is 6.69. The summed E-state index contributed by atoms with van der Waals surface area (Å²) >= 11 is 0. The lowest BCUT2D eigenvalue weighted by Crippen LogP contribution is -2.31. The number of rotatable bonds is 6. The molecule has 92 valence electrons. The van der Waals surface area contributed by atoms with Crippen LogP contribution < -0.4 is 10.2 Å². The van der Waals surface area contributed by atoms with Crippen LogP contribution in [-0.2, 0) is 0 Å². The Bertz CT molecular complexity index is 433. The van der Waals surface area contributed by atoms with Crippen LogP contribution >= 0.6 is 0 Å². The third-order valence-corrected chi connectivity index (χ3v) is 2.68. The average molecular weight is 233 g/mol. The third kappa shape index (κ3) is 2.77. The molecule has 1 heterocycles. The van der Waals surface area contributed by atoms with Crippen LogP contribution in [0.5, 0.6) is 0 Å². The minimum absolute atomic E-state index is 0.725. The lowest BCUT2D eigenvalue weighted by Gasteiger charge is -2.19. The molecule has 0 amide bonds. The fourth-order valence-electron chi connectivity index (χ4n) is 1.82. The van der Waals surface area contributed by atoms with Gasteiger partial charge < -0.3 is 14.6 Å². The number of nitrogens with one attached hydrogen (secondary N) is 1. The van der Waals surface area contributed by atoms with Crippen molar-refractivity contribution in [2.24, 2.45) is 0 Å². The highest BCUT2D eigenvalue weighted by molar-refractivity contribution is 5.74. The second kappa shape index (κ2) is 5.68. The zero-order valence-corrected chi connectivity index (χ0v) is 10.4. The molecule has 2 rings (SSSR count). The molecule has 0 atom stereocenters. The van der Waals surface area contributed by atoms with E-state index in [-0.39, 0.29) is 0 Å². The Kier molecular flexibility index (Phi) is 3.98. The van der Waals surface area contributed by atoms with Crippen LogP contribution in [0.15, 0.2) is 28.7 Å². The Morgan fingerprint density at radius 2 is 2.12 bits per heavy atom. The first kappa shape index (κ1) is 11.9. The molecule has 0 aliphatic carbocycles. The van der Waals surface area contributed by atoms with Crippen molar-refractivity contribution in [2.75, 3.05) is 31.6 Å². The molecule has 0 unspecified atom stereocenters. The zero-order valence-electron chi connectivity index (χ0n) is 10.4. The van der Waals surface area contributed by atoms with Gasteiger partial charge in [-0.2, -0.15) is 4.98 Å². The molecule has 0 aliphatic rings. The molecule has 17 heavy (non-hydrogen) atoms. The SMILES string of the molecule is CCCN(CCNC)c1nc2ccccc2o1. The van der Waals surface area contributed by atoms with Gasteiger partial charge in [0.25, 0.3) is 6.01 Å². The Morgan fingerprint density at radius 1 is 1.29 bits per heavy atom. The van der Waals surface area contributed by atoms with E-state index in [0.29, 0.717) is 0 Å². The Morgan fingerprint density at radius 3 is 2.82 bits per heavy atom. The molecule has 0 saturated heterocycles. The number of nitrogens with zero attached hydrogens (tertiary/aromatic N) is 2. The van der Waals surface area contributed by atoms with E-state index >= 15 is 0 Å². The van der Waals surface area contributed by atoms with Crippen LogP contribution in [0, 0.1) is 0 Å². The average Bonchev–Trinajstić information content (AvgIpc) is 2.78. The fraction of sp³-hybridized carbons (Fsp3) is 0.462. The van der Waals surface area contributed by atoms with Gasteiger partial charge in [-0.3, -0.25) is 0 Å². The lowest BCUT2D eigenvalue weighted by molar-refractivity contribution is 0.558. The molecule has 0 radical (unpaired) electrons. The normalized spacial score (nSPS) is 10.9. The molecule has 0 spiro atoms. The van der Waals surface area contributed by atoms with Crippen molar-refractivity contribution < 1.29 is 4.42 Å². The topological polar surface area (TPSA) is 41.3 Å². The van der Waals surface area contributed by atoms with Gasteiger partial charge in [-0.15, -0.1) is 0 Å². The minimum Gasteiger partial charge on any atom is -0.423 e. The maximum atomic E-state index is 5.77. The number of hydrogen-bond acceptors (Lipinski definition) is 4. The monoisotopic (exact) mass is 233 g/mol. The lowest BCUT2D eigenvalue weighted by atomic mass is 10.3. The number of oxazole rings is 1. The second-order valence-electron chi connectivity index (χ2n) is 4.05. The highest BCUT2D eigenvalue weighted by atomic mass is 16.4. The first-order chi connectivity index (χ1) is 8.35. The first-order valence-corrected chi connectivity index (χ1v) is 6.10. The highest BCUT2D eigenvalue weighted by Gasteiger charge is 2.12. The largest absolute Gasteiger partial charge is 0.423 e. The predicted molar refractivity (Wildman–Crippen MR) is 70.4 cm³/mol. The van der Waals surface area contributed by atoms with E-state index in [4.69, 9.17) is 4.42 Å². The smallest absolute Gasteiger partial charge is 0.298 e. The summed E-state index contributed by atoms with van der Waals surface area (Å²) in [6.45, 7) is 4.97. The molecule has 0 bridgehead atoms. The van der Waals surface area contributed by atoms with Gasteiger partial charge in [-0.1, -0.05) is 19.1 Å². The quantitative estimate of drug-likeness (QED) is 0.831. The molecule has 4 heteroatoms. The van der Waals surface area contributed by atoms with E-state index in [1.807, 2.05) is 31.3 Å². The number of hydrogen-bond donors (Lipinski definition) is 1. The van der Waals surface area contributed by atoms with Crippen molar-refractivity contribution in [3.8, 4) is 0 Å². The predicted octanol–water partition coefficient (Wildman–Crippen LogP) is 2.26. The number of aromatic nitrogens is 1. The van der Waals surface area contributed by atoms with Gasteiger partial charge in [0, 0.05) is 19.6 Å². The number of para-hydroxylation sites is 2. The maximum Gasteiger partial charge on any atom is 0.298 e. The third-order valence-electron chi connectivity index (χ3n) is 2.68. The molecule has 1 aromatic heterocycles. The van der Waals surface area contributed by atoms with Gasteiger partial charge >= 0.3 is 0 Å². The number of anilines is 1. The van der Waals surface area contributed by atoms with Crippen LogP contribution in [0.3, 0.4) is 0 Å². The van der Waals surface area contributed by atoms with Crippen molar-refractivity contribution in [2.45, 2.75) is 13.3 Å². The van der Waals surface area contributed by atoms with Crippen molar-refractivity contribution in [1.29, 1.82) is 0 Å². The van der Waals surface area contributed by atoms with Gasteiger partial charge in [0.2, 0.25) is 0 Å². The summed E-state index contributed by atoms with van der Waals surface area (Å²) in [6.07, 6.45) is 1.09. The van der Waals surface area contributed by atoms with Gasteiger partial charge in [0.05, 0.1) is 0 Å². The summed E-state index contributed by atoms with van der Waals surface area (Å²) < 4.78 is 5.77. The summed E-state index contributed by atoms with van der Waals surface area (Å²) in [6, 6.07) is 8.60. The van der Waals surface area contributed by atoms with Gasteiger partial charge in [0.15, 0.2) is 5.58 Å². The number of benzene rings is 1. The first-order valence-electron chi connectivity index (χ1n) is 6.10. The molecule has 0 saturated carbocycles. The highest BCUT2D eigenvalue weighted by Crippen LogP contribution is 2.21. The van der Waals surface area contributed by atoms with E-state index in [2.05, 4.69) is 22.1 Å². The molecule has 2 aromatic rings. The van der Waals surface area contributed by atoms with Crippen molar-refractivity contribution in [3.63, 3.8) is 0 Å². The van der Waals surface area contributed by atoms with Crippen LogP contribution in [0.4, 0.5) is 6.01 Å². The molecule has 0 fully saturated rings. The van der Waals surface area contributed by atoms with Gasteiger partial charge in [-0.05, 0) is 25.6 Å². The maximum absolute atomic E-state index is 5.77. The van der Waals surface area contributed by atoms with E-state index in [1.54, 1.807) is 0 Å². The number of likely N-dealkylation sites (N-methyl/N-ethyl adjacent to an activating group) is 1. The summed E-state index contributed by atoms with van der Waals surface area (Å²) in [5.41, 5.74) is 1.78. The molecular weight excluding hydrogens is 214 g/mol. The van der Waals surface area contributed by atoms with Gasteiger partial charge in [-0.25, -0.2) is 0 Å². The van der Waals surface area contributed by atoms with Crippen LogP contribution in [0.25, 0.3) is 11.1 Å². The van der Waals surface area contributed by atoms with E-state index < -0.39 is 0 Å². The summed E-state index contributed by atoms with van der Waals surface area (Å²) in [5, 5.41) is 3.15. The molecule has 4 nitrogen and oxygen atoms in total. The molecule has 0 aliphatic heterocycles. The van der Waals surface area contributed by atoms with E-state index in [0.717, 1.165) is 43.2 Å². The van der Waals surface area contributed by atoms with Crippen LogP contribution in [-0.4, -0.2) is 31.7 Å². The fourth-order valence-corrected chi connectivity index (χ4v) is 1.82. The van der Waals surface area contributed by atoms with Crippen LogP contribution in [0.1, 0.15) is 13.3 Å². The molecular formula is C13H19N3O. The number of fused-ring (bicyclic) bond motifs is 1. The standard InChI is InChI=1S/C13H19N3O/c1-3-9-16(10-8-14-2)13-15-11-6-4-5-7-12(11)17-13/h4-7,14H,3,8-10H2,1-2H3. The van der Waals surface area contributed by atoms with E-state index in [9.17, 15) is 0 Å². The van der Waals surface area contributed by atoms with Crippen molar-refractivity contribution in [3.05, 3.63) is 24.3 Å². The summed E-state index contributed by atoms with van der Waals surface area (Å²) in [5.74, 6) is 0. The van der Waals surface area contributed by atoms with Crippen molar-refractivity contribution >= 4 is 17.1 Å². The minimum atomic E-state index is 0.725. The zero-order chi connectivity index (χ0) is 12.1.